The molecule has 0 unspecified atom stereocenters. The summed E-state index contributed by atoms with van der Waals surface area (Å²) in [4.78, 5) is 22.0. The number of hydrogen-bond donors (Lipinski definition) is 2. The Morgan fingerprint density at radius 2 is 0.958 bits per heavy atom. The highest BCUT2D eigenvalue weighted by Crippen LogP contribution is 2.13. The molecule has 4 nitrogen and oxygen atoms in total. The van der Waals surface area contributed by atoms with E-state index in [-0.39, 0.29) is 11.8 Å². The SMILES string of the molecule is CCCCCCCCCCCCCCCCCC(=O)NNC(C)=O. The van der Waals surface area contributed by atoms with Gasteiger partial charge in [0.2, 0.25) is 11.8 Å². The van der Waals surface area contributed by atoms with Gasteiger partial charge in [0.1, 0.15) is 0 Å². The monoisotopic (exact) mass is 340 g/mol. The molecule has 0 saturated carbocycles. The third-order valence-electron chi connectivity index (χ3n) is 4.39. The average molecular weight is 341 g/mol. The normalized spacial score (nSPS) is 10.6. The molecule has 0 aliphatic carbocycles. The second kappa shape index (κ2) is 18.3. The molecular weight excluding hydrogens is 300 g/mol. The van der Waals surface area contributed by atoms with E-state index in [0.717, 1.165) is 12.8 Å². The minimum absolute atomic E-state index is 0.0973. The molecule has 0 radical (unpaired) electrons. The van der Waals surface area contributed by atoms with Crippen molar-refractivity contribution < 1.29 is 9.59 Å². The van der Waals surface area contributed by atoms with Gasteiger partial charge in [-0.1, -0.05) is 96.8 Å². The Morgan fingerprint density at radius 1 is 0.583 bits per heavy atom. The fourth-order valence-electron chi connectivity index (χ4n) is 2.88. The number of hydrazine groups is 1. The van der Waals surface area contributed by atoms with Crippen LogP contribution in [0.4, 0.5) is 0 Å². The number of hydrogen-bond acceptors (Lipinski definition) is 2. The summed E-state index contributed by atoms with van der Waals surface area (Å²) in [6.45, 7) is 3.65. The summed E-state index contributed by atoms with van der Waals surface area (Å²) >= 11 is 0. The minimum atomic E-state index is -0.236. The van der Waals surface area contributed by atoms with E-state index in [1.54, 1.807) is 0 Å². The molecule has 0 aromatic heterocycles. The predicted molar refractivity (Wildman–Crippen MR) is 102 cm³/mol. The van der Waals surface area contributed by atoms with Gasteiger partial charge >= 0.3 is 0 Å². The summed E-state index contributed by atoms with van der Waals surface area (Å²) in [5, 5.41) is 0. The van der Waals surface area contributed by atoms with Crippen molar-refractivity contribution in [3.8, 4) is 0 Å². The fourth-order valence-corrected chi connectivity index (χ4v) is 2.88. The molecule has 0 saturated heterocycles. The molecule has 0 rings (SSSR count). The molecule has 0 fully saturated rings. The van der Waals surface area contributed by atoms with Gasteiger partial charge in [-0.25, -0.2) is 0 Å². The Morgan fingerprint density at radius 3 is 1.33 bits per heavy atom. The van der Waals surface area contributed by atoms with Crippen LogP contribution in [0.3, 0.4) is 0 Å². The molecule has 0 heterocycles. The number of carbonyl (C=O) groups is 2. The molecule has 4 heteroatoms. The highest BCUT2D eigenvalue weighted by molar-refractivity contribution is 5.80. The maximum Gasteiger partial charge on any atom is 0.238 e. The highest BCUT2D eigenvalue weighted by atomic mass is 16.2. The zero-order valence-corrected chi connectivity index (χ0v) is 16.1. The summed E-state index contributed by atoms with van der Waals surface area (Å²) in [6, 6.07) is 0. The standard InChI is InChI=1S/C20H40N2O2/c1-3-4-5-6-7-8-9-10-11-12-13-14-15-16-17-18-20(24)22-21-19(2)23/h3-18H2,1-2H3,(H,21,23)(H,22,24). The van der Waals surface area contributed by atoms with E-state index in [2.05, 4.69) is 17.8 Å². The number of carbonyl (C=O) groups excluding carboxylic acids is 2. The largest absolute Gasteiger partial charge is 0.274 e. The zero-order valence-electron chi connectivity index (χ0n) is 16.1. The van der Waals surface area contributed by atoms with Crippen LogP contribution < -0.4 is 10.9 Å². The van der Waals surface area contributed by atoms with Crippen molar-refractivity contribution >= 4 is 11.8 Å². The Labute approximate surface area is 149 Å². The van der Waals surface area contributed by atoms with Crippen molar-refractivity contribution in [2.24, 2.45) is 0 Å². The second-order valence-electron chi connectivity index (χ2n) is 6.93. The van der Waals surface area contributed by atoms with Crippen molar-refractivity contribution in [3.63, 3.8) is 0 Å². The molecule has 0 aliphatic heterocycles. The molecule has 2 amide bonds. The van der Waals surface area contributed by atoms with Gasteiger partial charge in [0.15, 0.2) is 0 Å². The summed E-state index contributed by atoms with van der Waals surface area (Å²) in [7, 11) is 0. The number of nitrogens with one attached hydrogen (secondary N) is 2. The molecule has 2 N–H and O–H groups in total. The summed E-state index contributed by atoms with van der Waals surface area (Å²) in [5.41, 5.74) is 4.70. The predicted octanol–water partition coefficient (Wildman–Crippen LogP) is 5.42. The molecule has 0 atom stereocenters. The number of amides is 2. The summed E-state index contributed by atoms with van der Waals surface area (Å²) in [5.74, 6) is -0.334. The van der Waals surface area contributed by atoms with Gasteiger partial charge in [-0.2, -0.15) is 0 Å². The number of rotatable bonds is 16. The van der Waals surface area contributed by atoms with Gasteiger partial charge < -0.3 is 0 Å². The smallest absolute Gasteiger partial charge is 0.238 e. The Balaban J connectivity index is 3.10. The summed E-state index contributed by atoms with van der Waals surface area (Å²) < 4.78 is 0. The lowest BCUT2D eigenvalue weighted by Gasteiger charge is -2.05. The first-order chi connectivity index (χ1) is 11.7. The van der Waals surface area contributed by atoms with E-state index in [1.165, 1.54) is 90.4 Å². The minimum Gasteiger partial charge on any atom is -0.274 e. The van der Waals surface area contributed by atoms with Gasteiger partial charge in [0.05, 0.1) is 0 Å². The van der Waals surface area contributed by atoms with Crippen molar-refractivity contribution in [2.75, 3.05) is 0 Å². The maximum absolute atomic E-state index is 11.4. The average Bonchev–Trinajstić information content (AvgIpc) is 2.56. The first-order valence-electron chi connectivity index (χ1n) is 10.2. The van der Waals surface area contributed by atoms with Gasteiger partial charge in [-0.3, -0.25) is 20.4 Å². The highest BCUT2D eigenvalue weighted by Gasteiger charge is 2.01. The third kappa shape index (κ3) is 19.0. The van der Waals surface area contributed by atoms with Crippen LogP contribution in [0, 0.1) is 0 Å². The van der Waals surface area contributed by atoms with Gasteiger partial charge in [-0.15, -0.1) is 0 Å². The Bertz CT molecular complexity index is 306. The first-order valence-corrected chi connectivity index (χ1v) is 10.2. The van der Waals surface area contributed by atoms with E-state index < -0.39 is 0 Å². The summed E-state index contributed by atoms with van der Waals surface area (Å²) in [6.07, 6.45) is 20.3. The maximum atomic E-state index is 11.4. The third-order valence-corrected chi connectivity index (χ3v) is 4.39. The zero-order chi connectivity index (χ0) is 17.9. The molecule has 0 spiro atoms. The Hall–Kier alpha value is -1.06. The van der Waals surface area contributed by atoms with E-state index in [1.807, 2.05) is 0 Å². The van der Waals surface area contributed by atoms with Crippen LogP contribution in [0.1, 0.15) is 117 Å². The van der Waals surface area contributed by atoms with Gasteiger partial charge in [0.25, 0.3) is 0 Å². The van der Waals surface area contributed by atoms with Crippen molar-refractivity contribution in [1.82, 2.24) is 10.9 Å². The quantitative estimate of drug-likeness (QED) is 0.291. The van der Waals surface area contributed by atoms with Gasteiger partial charge in [0, 0.05) is 13.3 Å². The topological polar surface area (TPSA) is 58.2 Å². The van der Waals surface area contributed by atoms with Crippen LogP contribution in [-0.2, 0) is 9.59 Å². The fraction of sp³-hybridized carbons (Fsp3) is 0.900. The van der Waals surface area contributed by atoms with Crippen LogP contribution in [0.25, 0.3) is 0 Å². The van der Waals surface area contributed by atoms with Crippen molar-refractivity contribution in [3.05, 3.63) is 0 Å². The van der Waals surface area contributed by atoms with Gasteiger partial charge in [-0.05, 0) is 6.42 Å². The van der Waals surface area contributed by atoms with Crippen LogP contribution in [0.2, 0.25) is 0 Å². The molecule has 0 aromatic carbocycles. The second-order valence-corrected chi connectivity index (χ2v) is 6.93. The molecule has 0 bridgehead atoms. The van der Waals surface area contributed by atoms with Crippen LogP contribution >= 0.6 is 0 Å². The van der Waals surface area contributed by atoms with Crippen LogP contribution in [0.5, 0.6) is 0 Å². The van der Waals surface area contributed by atoms with E-state index in [4.69, 9.17) is 0 Å². The van der Waals surface area contributed by atoms with E-state index >= 15 is 0 Å². The van der Waals surface area contributed by atoms with Crippen molar-refractivity contribution in [2.45, 2.75) is 117 Å². The molecule has 24 heavy (non-hydrogen) atoms. The molecule has 0 aromatic rings. The lowest BCUT2D eigenvalue weighted by atomic mass is 10.0. The molecule has 142 valence electrons. The van der Waals surface area contributed by atoms with Crippen LogP contribution in [-0.4, -0.2) is 11.8 Å². The Kier molecular flexibility index (Phi) is 17.5. The van der Waals surface area contributed by atoms with Crippen molar-refractivity contribution in [1.29, 1.82) is 0 Å². The van der Waals surface area contributed by atoms with E-state index in [9.17, 15) is 9.59 Å². The molecule has 0 aliphatic rings. The molecular formula is C20H40N2O2. The number of unbranched alkanes of at least 4 members (excludes halogenated alkanes) is 14. The van der Waals surface area contributed by atoms with E-state index in [0.29, 0.717) is 6.42 Å². The first kappa shape index (κ1) is 22.9. The van der Waals surface area contributed by atoms with Crippen LogP contribution in [0.15, 0.2) is 0 Å². The lowest BCUT2D eigenvalue weighted by Crippen LogP contribution is -2.40. The lowest BCUT2D eigenvalue weighted by molar-refractivity contribution is -0.127.